The van der Waals surface area contributed by atoms with Crippen LogP contribution in [-0.2, 0) is 6.54 Å². The van der Waals surface area contributed by atoms with Gasteiger partial charge in [0.15, 0.2) is 0 Å². The molecule has 2 rings (SSSR count). The highest BCUT2D eigenvalue weighted by molar-refractivity contribution is 5.95. The van der Waals surface area contributed by atoms with Crippen molar-refractivity contribution in [1.82, 2.24) is 20.5 Å². The van der Waals surface area contributed by atoms with E-state index >= 15 is 0 Å². The first-order chi connectivity index (χ1) is 9.97. The summed E-state index contributed by atoms with van der Waals surface area (Å²) < 4.78 is 0. The van der Waals surface area contributed by atoms with Crippen molar-refractivity contribution in [2.45, 2.75) is 20.4 Å². The van der Waals surface area contributed by atoms with Crippen molar-refractivity contribution < 1.29 is 14.7 Å². The number of nitrogens with one attached hydrogen (secondary N) is 1. The normalized spacial score (nSPS) is 10.2. The number of carbonyl (C=O) groups is 2. The fraction of sp³-hybridized carbons (Fsp3) is 0.214. The maximum atomic E-state index is 12.1. The molecule has 0 radical (unpaired) electrons. The molecule has 0 unspecified atom stereocenters. The largest absolute Gasteiger partial charge is 0.477 e. The molecule has 0 aliphatic heterocycles. The van der Waals surface area contributed by atoms with E-state index < -0.39 is 5.97 Å². The third-order valence-electron chi connectivity index (χ3n) is 2.84. The summed E-state index contributed by atoms with van der Waals surface area (Å²) in [6.07, 6.45) is 1.42. The number of pyridine rings is 1. The van der Waals surface area contributed by atoms with E-state index in [1.54, 1.807) is 26.0 Å². The van der Waals surface area contributed by atoms with Crippen LogP contribution in [0.5, 0.6) is 0 Å². The summed E-state index contributed by atoms with van der Waals surface area (Å²) in [6.45, 7) is 3.73. The van der Waals surface area contributed by atoms with Crippen molar-refractivity contribution in [3.8, 4) is 0 Å². The molecule has 7 heteroatoms. The van der Waals surface area contributed by atoms with Gasteiger partial charge in [0, 0.05) is 12.7 Å². The summed E-state index contributed by atoms with van der Waals surface area (Å²) in [7, 11) is 0. The van der Waals surface area contributed by atoms with Crippen LogP contribution in [-0.4, -0.2) is 32.2 Å². The number of carboxylic acids is 1. The van der Waals surface area contributed by atoms with Crippen LogP contribution in [0.1, 0.15) is 37.8 Å². The van der Waals surface area contributed by atoms with Gasteiger partial charge >= 0.3 is 5.97 Å². The molecule has 1 amide bonds. The van der Waals surface area contributed by atoms with Crippen LogP contribution in [0.4, 0.5) is 0 Å². The number of hydrogen-bond donors (Lipinski definition) is 2. The molecule has 0 aromatic carbocycles. The van der Waals surface area contributed by atoms with Crippen LogP contribution in [0.15, 0.2) is 24.4 Å². The zero-order valence-electron chi connectivity index (χ0n) is 11.6. The minimum Gasteiger partial charge on any atom is -0.477 e. The first kappa shape index (κ1) is 14.6. The fourth-order valence-electron chi connectivity index (χ4n) is 1.71. The van der Waals surface area contributed by atoms with Gasteiger partial charge in [-0.2, -0.15) is 10.2 Å². The average molecular weight is 286 g/mol. The Morgan fingerprint density at radius 2 is 2.00 bits per heavy atom. The zero-order chi connectivity index (χ0) is 15.4. The SMILES string of the molecule is Cc1cc(C(=O)NCc2ccc(C(=O)O)nc2)c(C)nn1. The number of rotatable bonds is 4. The number of amides is 1. The Morgan fingerprint density at radius 3 is 2.62 bits per heavy atom. The maximum absolute atomic E-state index is 12.1. The molecule has 0 bridgehead atoms. The van der Waals surface area contributed by atoms with Crippen molar-refractivity contribution >= 4 is 11.9 Å². The lowest BCUT2D eigenvalue weighted by Gasteiger charge is -2.07. The molecule has 21 heavy (non-hydrogen) atoms. The van der Waals surface area contributed by atoms with Gasteiger partial charge in [0.25, 0.3) is 5.91 Å². The predicted octanol–water partition coefficient (Wildman–Crippen LogP) is 1.12. The Bertz CT molecular complexity index is 683. The molecule has 0 saturated carbocycles. The highest BCUT2D eigenvalue weighted by Gasteiger charge is 2.11. The maximum Gasteiger partial charge on any atom is 0.354 e. The second-order valence-electron chi connectivity index (χ2n) is 4.52. The van der Waals surface area contributed by atoms with E-state index in [0.29, 0.717) is 22.5 Å². The van der Waals surface area contributed by atoms with E-state index in [0.717, 1.165) is 0 Å². The third-order valence-corrected chi connectivity index (χ3v) is 2.84. The van der Waals surface area contributed by atoms with Gasteiger partial charge in [0.05, 0.1) is 17.0 Å². The predicted molar refractivity (Wildman–Crippen MR) is 73.9 cm³/mol. The summed E-state index contributed by atoms with van der Waals surface area (Å²) in [5.41, 5.74) is 2.37. The standard InChI is InChI=1S/C14H14N4O3/c1-8-5-11(9(2)18-17-8)13(19)16-7-10-3-4-12(14(20)21)15-6-10/h3-6H,7H2,1-2H3,(H,16,19)(H,20,21). The first-order valence-electron chi connectivity index (χ1n) is 6.24. The first-order valence-corrected chi connectivity index (χ1v) is 6.24. The Kier molecular flexibility index (Phi) is 4.22. The molecular formula is C14H14N4O3. The second-order valence-corrected chi connectivity index (χ2v) is 4.52. The summed E-state index contributed by atoms with van der Waals surface area (Å²) in [6, 6.07) is 4.68. The number of carboxylic acid groups (broad SMARTS) is 1. The van der Waals surface area contributed by atoms with Gasteiger partial charge in [-0.1, -0.05) is 6.07 Å². The van der Waals surface area contributed by atoms with Crippen molar-refractivity contribution in [1.29, 1.82) is 0 Å². The topological polar surface area (TPSA) is 105 Å². The zero-order valence-corrected chi connectivity index (χ0v) is 11.6. The highest BCUT2D eigenvalue weighted by Crippen LogP contribution is 2.06. The summed E-state index contributed by atoms with van der Waals surface area (Å²) in [4.78, 5) is 26.5. The highest BCUT2D eigenvalue weighted by atomic mass is 16.4. The summed E-state index contributed by atoms with van der Waals surface area (Å²) in [5.74, 6) is -1.34. The van der Waals surface area contributed by atoms with Gasteiger partial charge in [-0.05, 0) is 31.5 Å². The number of carbonyl (C=O) groups excluding carboxylic acids is 1. The minimum atomic E-state index is -1.08. The van der Waals surface area contributed by atoms with E-state index in [9.17, 15) is 9.59 Å². The molecule has 0 atom stereocenters. The van der Waals surface area contributed by atoms with Gasteiger partial charge in [-0.15, -0.1) is 0 Å². The van der Waals surface area contributed by atoms with E-state index in [1.807, 2.05) is 0 Å². The molecule has 7 nitrogen and oxygen atoms in total. The Labute approximate surface area is 121 Å². The molecule has 2 heterocycles. The minimum absolute atomic E-state index is 0.0325. The number of aromatic carboxylic acids is 1. The summed E-state index contributed by atoms with van der Waals surface area (Å²) >= 11 is 0. The van der Waals surface area contributed by atoms with Crippen LogP contribution in [0, 0.1) is 13.8 Å². The molecular weight excluding hydrogens is 272 g/mol. The van der Waals surface area contributed by atoms with E-state index in [-0.39, 0.29) is 18.1 Å². The van der Waals surface area contributed by atoms with Gasteiger partial charge in [0.2, 0.25) is 0 Å². The van der Waals surface area contributed by atoms with Crippen molar-refractivity contribution in [2.24, 2.45) is 0 Å². The third kappa shape index (κ3) is 3.59. The Hall–Kier alpha value is -2.83. The molecule has 0 spiro atoms. The molecule has 2 N–H and O–H groups in total. The van der Waals surface area contributed by atoms with E-state index in [1.165, 1.54) is 12.3 Å². The molecule has 108 valence electrons. The molecule has 2 aromatic rings. The van der Waals surface area contributed by atoms with Crippen LogP contribution in [0.3, 0.4) is 0 Å². The average Bonchev–Trinajstić information content (AvgIpc) is 2.47. The molecule has 0 saturated heterocycles. The van der Waals surface area contributed by atoms with Gasteiger partial charge in [-0.25, -0.2) is 9.78 Å². The smallest absolute Gasteiger partial charge is 0.354 e. The van der Waals surface area contributed by atoms with Gasteiger partial charge in [-0.3, -0.25) is 4.79 Å². The Balaban J connectivity index is 2.04. The molecule has 2 aromatic heterocycles. The lowest BCUT2D eigenvalue weighted by Crippen LogP contribution is -2.24. The van der Waals surface area contributed by atoms with Gasteiger partial charge < -0.3 is 10.4 Å². The van der Waals surface area contributed by atoms with Crippen LogP contribution >= 0.6 is 0 Å². The fourth-order valence-corrected chi connectivity index (χ4v) is 1.71. The van der Waals surface area contributed by atoms with Crippen LogP contribution in [0.25, 0.3) is 0 Å². The lowest BCUT2D eigenvalue weighted by atomic mass is 10.2. The van der Waals surface area contributed by atoms with Gasteiger partial charge in [0.1, 0.15) is 5.69 Å². The second kappa shape index (κ2) is 6.08. The van der Waals surface area contributed by atoms with Crippen molar-refractivity contribution in [2.75, 3.05) is 0 Å². The number of hydrogen-bond acceptors (Lipinski definition) is 5. The van der Waals surface area contributed by atoms with Crippen LogP contribution in [0.2, 0.25) is 0 Å². The number of aryl methyl sites for hydroxylation is 2. The quantitative estimate of drug-likeness (QED) is 0.872. The summed E-state index contributed by atoms with van der Waals surface area (Å²) in [5, 5.41) is 19.3. The molecule has 0 aliphatic carbocycles. The lowest BCUT2D eigenvalue weighted by molar-refractivity contribution is 0.0690. The van der Waals surface area contributed by atoms with Crippen LogP contribution < -0.4 is 5.32 Å². The molecule has 0 aliphatic rings. The molecule has 0 fully saturated rings. The number of nitrogens with zero attached hydrogens (tertiary/aromatic N) is 3. The Morgan fingerprint density at radius 1 is 1.24 bits per heavy atom. The van der Waals surface area contributed by atoms with E-state index in [4.69, 9.17) is 5.11 Å². The van der Waals surface area contributed by atoms with Crippen molar-refractivity contribution in [3.63, 3.8) is 0 Å². The monoisotopic (exact) mass is 286 g/mol. The van der Waals surface area contributed by atoms with E-state index in [2.05, 4.69) is 20.5 Å². The number of aromatic nitrogens is 3. The van der Waals surface area contributed by atoms with Crippen molar-refractivity contribution in [3.05, 3.63) is 52.6 Å².